The van der Waals surface area contributed by atoms with Crippen molar-refractivity contribution in [2.75, 3.05) is 40.9 Å². The molecule has 0 heterocycles. The van der Waals surface area contributed by atoms with Crippen LogP contribution in [0.3, 0.4) is 0 Å². The molecule has 516 valence electrons. The summed E-state index contributed by atoms with van der Waals surface area (Å²) in [7, 11) is 1.59. The first-order chi connectivity index (χ1) is 43.0. The van der Waals surface area contributed by atoms with Crippen LogP contribution in [0.1, 0.15) is 373 Å². The van der Waals surface area contributed by atoms with Crippen molar-refractivity contribution in [3.63, 3.8) is 0 Å². The van der Waals surface area contributed by atoms with E-state index in [4.69, 9.17) is 9.05 Å². The third-order valence-corrected chi connectivity index (χ3v) is 18.4. The van der Waals surface area contributed by atoms with Crippen LogP contribution in [0.5, 0.6) is 0 Å². The highest BCUT2D eigenvalue weighted by molar-refractivity contribution is 7.47. The van der Waals surface area contributed by atoms with Crippen LogP contribution in [0.25, 0.3) is 0 Å². The molecular formula is C79H150N2O6P+. The van der Waals surface area contributed by atoms with E-state index in [9.17, 15) is 19.4 Å². The third kappa shape index (κ3) is 71.4. The smallest absolute Gasteiger partial charge is 0.387 e. The number of phosphoric acid groups is 1. The summed E-state index contributed by atoms with van der Waals surface area (Å²) in [4.78, 5) is 23.5. The topological polar surface area (TPSA) is 105 Å². The maximum Gasteiger partial charge on any atom is 0.472 e. The molecule has 3 N–H and O–H groups in total. The van der Waals surface area contributed by atoms with Crippen molar-refractivity contribution in [2.45, 2.75) is 386 Å². The first-order valence-electron chi connectivity index (χ1n) is 38.3. The molecular weight excluding hydrogens is 1100 g/mol. The van der Waals surface area contributed by atoms with Crippen molar-refractivity contribution >= 4 is 13.7 Å². The maximum absolute atomic E-state index is 13.1. The summed E-state index contributed by atoms with van der Waals surface area (Å²) in [5, 5.41) is 14.0. The third-order valence-electron chi connectivity index (χ3n) is 17.4. The number of hydrogen-bond acceptors (Lipinski definition) is 5. The van der Waals surface area contributed by atoms with E-state index >= 15 is 0 Å². The van der Waals surface area contributed by atoms with Gasteiger partial charge in [-0.15, -0.1) is 0 Å². The lowest BCUT2D eigenvalue weighted by Gasteiger charge is -2.25. The number of nitrogens with zero attached hydrogens (tertiary/aromatic N) is 1. The summed E-state index contributed by atoms with van der Waals surface area (Å²) in [6, 6.07) is -0.848. The Morgan fingerprint density at radius 3 is 1.00 bits per heavy atom. The molecule has 0 rings (SSSR count). The number of aliphatic hydroxyl groups excluding tert-OH is 1. The maximum atomic E-state index is 13.1. The number of allylic oxidation sites excluding steroid dienone is 11. The Balaban J connectivity index is 3.93. The number of unbranched alkanes of at least 4 members (excludes halogenated alkanes) is 48. The largest absolute Gasteiger partial charge is 0.472 e. The lowest BCUT2D eigenvalue weighted by atomic mass is 10.0. The number of phosphoric ester groups is 1. The number of nitrogens with one attached hydrogen (secondary N) is 1. The number of likely N-dealkylation sites (N-methyl/N-ethyl adjacent to an activating group) is 1. The minimum atomic E-state index is -4.36. The predicted octanol–water partition coefficient (Wildman–Crippen LogP) is 24.9. The zero-order chi connectivity index (χ0) is 64.1. The molecule has 0 saturated heterocycles. The summed E-state index contributed by atoms with van der Waals surface area (Å²) in [6.45, 7) is 4.75. The van der Waals surface area contributed by atoms with Gasteiger partial charge in [0.25, 0.3) is 0 Å². The quantitative estimate of drug-likeness (QED) is 0.0243. The van der Waals surface area contributed by atoms with E-state index in [0.29, 0.717) is 17.4 Å². The zero-order valence-electron chi connectivity index (χ0n) is 59.2. The van der Waals surface area contributed by atoms with E-state index in [0.717, 1.165) is 70.6 Å². The molecule has 0 aliphatic rings. The molecule has 0 aromatic carbocycles. The van der Waals surface area contributed by atoms with Gasteiger partial charge in [0, 0.05) is 6.42 Å². The highest BCUT2D eigenvalue weighted by Crippen LogP contribution is 2.43. The molecule has 0 radical (unpaired) electrons. The van der Waals surface area contributed by atoms with Crippen molar-refractivity contribution in [1.29, 1.82) is 0 Å². The van der Waals surface area contributed by atoms with Gasteiger partial charge in [-0.3, -0.25) is 13.8 Å². The van der Waals surface area contributed by atoms with Crippen LogP contribution in [-0.2, 0) is 18.4 Å². The zero-order valence-corrected chi connectivity index (χ0v) is 60.1. The Kier molecular flexibility index (Phi) is 67.7. The van der Waals surface area contributed by atoms with Crippen molar-refractivity contribution in [3.05, 3.63) is 72.9 Å². The van der Waals surface area contributed by atoms with Gasteiger partial charge in [-0.25, -0.2) is 4.57 Å². The van der Waals surface area contributed by atoms with Crippen LogP contribution in [0.2, 0.25) is 0 Å². The molecule has 3 unspecified atom stereocenters. The number of carbonyl (C=O) groups is 1. The molecule has 0 fully saturated rings. The fourth-order valence-corrected chi connectivity index (χ4v) is 12.3. The van der Waals surface area contributed by atoms with Crippen molar-refractivity contribution in [3.8, 4) is 0 Å². The predicted molar refractivity (Wildman–Crippen MR) is 387 cm³/mol. The van der Waals surface area contributed by atoms with Crippen LogP contribution in [0.4, 0.5) is 0 Å². The molecule has 0 bridgehead atoms. The van der Waals surface area contributed by atoms with Gasteiger partial charge in [0.1, 0.15) is 13.2 Å². The summed E-state index contributed by atoms with van der Waals surface area (Å²) in [6.07, 6.45) is 97.9. The number of rotatable bonds is 71. The van der Waals surface area contributed by atoms with Gasteiger partial charge in [0.15, 0.2) is 0 Å². The molecule has 0 saturated carbocycles. The number of aliphatic hydroxyl groups is 1. The van der Waals surface area contributed by atoms with E-state index in [1.54, 1.807) is 6.08 Å². The van der Waals surface area contributed by atoms with Crippen LogP contribution >= 0.6 is 7.82 Å². The Bertz CT molecular complexity index is 1670. The number of carbonyl (C=O) groups excluding carboxylic acids is 1. The Labute approximate surface area is 548 Å². The van der Waals surface area contributed by atoms with Crippen LogP contribution in [0.15, 0.2) is 72.9 Å². The fraction of sp³-hybridized carbons (Fsp3) is 0.835. The summed E-state index contributed by atoms with van der Waals surface area (Å²) in [5.74, 6) is -0.170. The van der Waals surface area contributed by atoms with Gasteiger partial charge >= 0.3 is 7.82 Å². The second kappa shape index (κ2) is 69.3. The van der Waals surface area contributed by atoms with Gasteiger partial charge in [-0.1, -0.05) is 376 Å². The molecule has 0 spiro atoms. The van der Waals surface area contributed by atoms with E-state index in [1.807, 2.05) is 27.2 Å². The minimum absolute atomic E-state index is 0.0628. The van der Waals surface area contributed by atoms with Gasteiger partial charge in [-0.2, -0.15) is 0 Å². The van der Waals surface area contributed by atoms with Crippen molar-refractivity contribution < 1.29 is 32.9 Å². The molecule has 0 aromatic heterocycles. The average Bonchev–Trinajstić information content (AvgIpc) is 3.71. The second-order valence-electron chi connectivity index (χ2n) is 27.4. The summed E-state index contributed by atoms with van der Waals surface area (Å²) < 4.78 is 23.9. The monoisotopic (exact) mass is 1250 g/mol. The highest BCUT2D eigenvalue weighted by Gasteiger charge is 2.28. The lowest BCUT2D eigenvalue weighted by molar-refractivity contribution is -0.870. The molecule has 0 aromatic rings. The SMILES string of the molecule is CC/C=C\C/C=C\C/C=C\C/C=C\C/C=C\CCCCCCCCCCCCCCCCCCCCCCCCCCCC(=O)NC(COP(=O)(O)OCC[N+](C)(C)C)C(O)/C=C/CCCCCCCCCCCCCCCCCCCCCCCCC. The first kappa shape index (κ1) is 85.9. The normalized spacial score (nSPS) is 13.9. The Morgan fingerprint density at radius 2 is 0.682 bits per heavy atom. The minimum Gasteiger partial charge on any atom is -0.387 e. The van der Waals surface area contributed by atoms with Crippen LogP contribution in [0, 0.1) is 0 Å². The van der Waals surface area contributed by atoms with Crippen molar-refractivity contribution in [1.82, 2.24) is 5.32 Å². The van der Waals surface area contributed by atoms with Crippen LogP contribution in [-0.4, -0.2) is 73.4 Å². The second-order valence-corrected chi connectivity index (χ2v) is 28.8. The fourth-order valence-electron chi connectivity index (χ4n) is 11.5. The molecule has 0 aliphatic carbocycles. The Morgan fingerprint density at radius 1 is 0.398 bits per heavy atom. The van der Waals surface area contributed by atoms with E-state index in [-0.39, 0.29) is 19.1 Å². The number of amides is 1. The van der Waals surface area contributed by atoms with E-state index in [1.165, 1.54) is 283 Å². The van der Waals surface area contributed by atoms with E-state index in [2.05, 4.69) is 79.9 Å². The number of quaternary nitrogens is 1. The molecule has 0 aliphatic heterocycles. The van der Waals surface area contributed by atoms with Gasteiger partial charge < -0.3 is 19.8 Å². The van der Waals surface area contributed by atoms with Gasteiger partial charge in [0.05, 0.1) is 39.9 Å². The average molecular weight is 1260 g/mol. The molecule has 1 amide bonds. The lowest BCUT2D eigenvalue weighted by Crippen LogP contribution is -2.45. The van der Waals surface area contributed by atoms with Gasteiger partial charge in [0.2, 0.25) is 5.91 Å². The molecule has 3 atom stereocenters. The summed E-state index contributed by atoms with van der Waals surface area (Å²) >= 11 is 0. The molecule has 8 nitrogen and oxygen atoms in total. The molecule has 88 heavy (non-hydrogen) atoms. The highest BCUT2D eigenvalue weighted by atomic mass is 31.2. The molecule has 9 heteroatoms. The summed E-state index contributed by atoms with van der Waals surface area (Å²) in [5.41, 5.74) is 0. The first-order valence-corrected chi connectivity index (χ1v) is 39.8. The number of hydrogen-bond donors (Lipinski definition) is 3. The van der Waals surface area contributed by atoms with Gasteiger partial charge in [-0.05, 0) is 64.2 Å². The Hall–Kier alpha value is -2.06. The van der Waals surface area contributed by atoms with Crippen molar-refractivity contribution in [2.24, 2.45) is 0 Å². The van der Waals surface area contributed by atoms with E-state index < -0.39 is 20.0 Å². The standard InChI is InChI=1S/C79H149N2O6P/c1-6-8-10-12-14-16-18-20-22-24-26-28-30-32-33-34-35-36-37-38-39-40-41-42-43-44-45-46-47-49-51-53-55-57-59-61-63-65-67-69-71-73-79(83)80-77(76-87-88(84,85)86-75-74-81(3,4)5)78(82)72-70-68-66-64-62-60-58-56-54-52-50-48-31-29-27-25-23-21-19-17-15-13-11-9-7-2/h8,10,14,16,20,22,26,28,32-33,70,72,77-78,82H,6-7,9,11-13,15,17-19,21,23-25,27,29-31,34-69,71,73-76H2,1-5H3,(H-,80,83,84,85)/p+1/b10-8-,16-14-,22-20-,28-26-,33-32-,72-70+. The van der Waals surface area contributed by atoms with Crippen LogP contribution < -0.4 is 5.32 Å².